The van der Waals surface area contributed by atoms with E-state index in [1.54, 1.807) is 18.2 Å². The van der Waals surface area contributed by atoms with Gasteiger partial charge in [0.2, 0.25) is 0 Å². The first kappa shape index (κ1) is 31.1. The van der Waals surface area contributed by atoms with Crippen molar-refractivity contribution >= 4 is 43.6 Å². The van der Waals surface area contributed by atoms with Gasteiger partial charge in [-0.3, -0.25) is 0 Å². The number of hydrogen-bond donors (Lipinski definition) is 0. The molecular weight excluding hydrogens is 657 g/mol. The number of nitrogens with zero attached hydrogens (tertiary/aromatic N) is 4. The molecule has 2 aromatic heterocycles. The predicted octanol–water partition coefficient (Wildman–Crippen LogP) is 12.6. The van der Waals surface area contributed by atoms with Crippen molar-refractivity contribution in [1.82, 2.24) is 9.13 Å². The van der Waals surface area contributed by atoms with Crippen LogP contribution in [0.4, 0.5) is 0 Å². The number of para-hydroxylation sites is 3. The molecule has 250 valence electrons. The summed E-state index contributed by atoms with van der Waals surface area (Å²) >= 11 is 0. The molecular formula is C50H30N4. The van der Waals surface area contributed by atoms with E-state index < -0.39 is 0 Å². The number of rotatable bonds is 5. The maximum atomic E-state index is 10.4. The van der Waals surface area contributed by atoms with Gasteiger partial charge in [-0.1, -0.05) is 127 Å². The third kappa shape index (κ3) is 4.68. The highest BCUT2D eigenvalue weighted by molar-refractivity contribution is 6.26. The average molecular weight is 687 g/mol. The van der Waals surface area contributed by atoms with E-state index >= 15 is 0 Å². The fourth-order valence-corrected chi connectivity index (χ4v) is 8.33. The lowest BCUT2D eigenvalue weighted by Gasteiger charge is -2.21. The first-order chi connectivity index (χ1) is 26.7. The van der Waals surface area contributed by atoms with E-state index in [0.29, 0.717) is 16.7 Å². The van der Waals surface area contributed by atoms with Crippen LogP contribution in [0.25, 0.3) is 88.4 Å². The van der Waals surface area contributed by atoms with Gasteiger partial charge in [0.15, 0.2) is 0 Å². The van der Waals surface area contributed by atoms with Crippen molar-refractivity contribution in [3.8, 4) is 56.9 Å². The molecule has 0 unspecified atom stereocenters. The highest BCUT2D eigenvalue weighted by atomic mass is 15.0. The lowest BCUT2D eigenvalue weighted by Crippen LogP contribution is -2.01. The zero-order valence-electron chi connectivity index (χ0n) is 29.1. The Hall–Kier alpha value is -7.66. The summed E-state index contributed by atoms with van der Waals surface area (Å²) < 4.78 is 4.81. The lowest BCUT2D eigenvalue weighted by atomic mass is 9.86. The number of benzene rings is 8. The second-order valence-electron chi connectivity index (χ2n) is 13.5. The van der Waals surface area contributed by atoms with Gasteiger partial charge in [0.25, 0.3) is 0 Å². The van der Waals surface area contributed by atoms with Crippen LogP contribution in [0.15, 0.2) is 182 Å². The Labute approximate surface area is 312 Å². The molecule has 0 fully saturated rings. The number of aromatic nitrogens is 2. The fraction of sp³-hybridized carbons (Fsp3) is 0. The van der Waals surface area contributed by atoms with Crippen LogP contribution in [-0.2, 0) is 0 Å². The first-order valence-electron chi connectivity index (χ1n) is 18.0. The molecule has 0 amide bonds. The van der Waals surface area contributed by atoms with Gasteiger partial charge in [-0.2, -0.15) is 10.5 Å². The van der Waals surface area contributed by atoms with Gasteiger partial charge in [-0.05, 0) is 76.9 Å². The van der Waals surface area contributed by atoms with Gasteiger partial charge >= 0.3 is 0 Å². The van der Waals surface area contributed by atoms with Crippen molar-refractivity contribution in [3.05, 3.63) is 193 Å². The molecule has 0 spiro atoms. The molecule has 0 saturated carbocycles. The molecule has 0 N–H and O–H groups in total. The smallest absolute Gasteiger partial charge is 0.0998 e. The van der Waals surface area contributed by atoms with Gasteiger partial charge in [0, 0.05) is 38.4 Å². The molecule has 4 heteroatoms. The first-order valence-corrected chi connectivity index (χ1v) is 18.0. The Morgan fingerprint density at radius 1 is 0.389 bits per heavy atom. The molecule has 0 bridgehead atoms. The number of hydrogen-bond acceptors (Lipinski definition) is 2. The minimum absolute atomic E-state index is 0.463. The number of nitriles is 2. The molecule has 0 radical (unpaired) electrons. The van der Waals surface area contributed by atoms with Crippen LogP contribution in [0.3, 0.4) is 0 Å². The van der Waals surface area contributed by atoms with Crippen LogP contribution in [-0.4, -0.2) is 9.13 Å². The van der Waals surface area contributed by atoms with Crippen LogP contribution in [0.2, 0.25) is 0 Å². The predicted molar refractivity (Wildman–Crippen MR) is 221 cm³/mol. The Morgan fingerprint density at radius 2 is 0.944 bits per heavy atom. The third-order valence-electron chi connectivity index (χ3n) is 10.6. The van der Waals surface area contributed by atoms with Gasteiger partial charge in [0.1, 0.15) is 0 Å². The molecule has 0 atom stereocenters. The van der Waals surface area contributed by atoms with E-state index in [1.165, 1.54) is 16.2 Å². The van der Waals surface area contributed by atoms with Gasteiger partial charge in [-0.25, -0.2) is 0 Å². The maximum Gasteiger partial charge on any atom is 0.0998 e. The average Bonchev–Trinajstić information content (AvgIpc) is 3.77. The Balaban J connectivity index is 1.43. The van der Waals surface area contributed by atoms with Crippen molar-refractivity contribution in [1.29, 1.82) is 10.5 Å². The minimum Gasteiger partial charge on any atom is -0.309 e. The van der Waals surface area contributed by atoms with E-state index in [4.69, 9.17) is 0 Å². The molecule has 0 aliphatic carbocycles. The largest absolute Gasteiger partial charge is 0.309 e. The Morgan fingerprint density at radius 3 is 1.59 bits per heavy atom. The summed E-state index contributed by atoms with van der Waals surface area (Å²) in [7, 11) is 0. The molecule has 8 aromatic carbocycles. The highest BCUT2D eigenvalue weighted by Crippen LogP contribution is 2.46. The Bertz CT molecular complexity index is 3120. The summed E-state index contributed by atoms with van der Waals surface area (Å²) in [5, 5.41) is 25.5. The zero-order valence-corrected chi connectivity index (χ0v) is 29.1. The van der Waals surface area contributed by atoms with Crippen LogP contribution in [0.1, 0.15) is 11.1 Å². The summed E-state index contributed by atoms with van der Waals surface area (Å²) in [5.74, 6) is 0. The summed E-state index contributed by atoms with van der Waals surface area (Å²) in [5.41, 5.74) is 13.0. The highest BCUT2D eigenvalue weighted by Gasteiger charge is 2.25. The maximum absolute atomic E-state index is 10.4. The van der Waals surface area contributed by atoms with E-state index in [9.17, 15) is 10.5 Å². The van der Waals surface area contributed by atoms with Crippen molar-refractivity contribution < 1.29 is 0 Å². The second kappa shape index (κ2) is 12.5. The zero-order chi connectivity index (χ0) is 36.2. The topological polar surface area (TPSA) is 57.4 Å². The standard InChI is InChI=1S/C50H30N4/c51-31-35-19-14-20-36(32-52)48(35)43-29-42(34-17-6-2-7-18-34)47(30-41(43)33-15-4-1-5-16-33)54-44-25-12-10-23-38(44)39-27-28-46-49(50(39)54)40-24-11-13-26-45(40)53(46)37-21-8-3-9-22-37/h1-30H. The van der Waals surface area contributed by atoms with Crippen molar-refractivity contribution in [3.63, 3.8) is 0 Å². The van der Waals surface area contributed by atoms with Crippen molar-refractivity contribution in [2.24, 2.45) is 0 Å². The molecule has 0 aliphatic heterocycles. The van der Waals surface area contributed by atoms with Crippen LogP contribution in [0.5, 0.6) is 0 Å². The van der Waals surface area contributed by atoms with E-state index in [2.05, 4.69) is 161 Å². The summed E-state index contributed by atoms with van der Waals surface area (Å²) in [6, 6.07) is 67.8. The monoisotopic (exact) mass is 686 g/mol. The lowest BCUT2D eigenvalue weighted by molar-refractivity contribution is 1.17. The van der Waals surface area contributed by atoms with E-state index in [1.807, 2.05) is 24.3 Å². The second-order valence-corrected chi connectivity index (χ2v) is 13.5. The van der Waals surface area contributed by atoms with Crippen LogP contribution in [0, 0.1) is 22.7 Å². The van der Waals surface area contributed by atoms with Gasteiger partial charge in [-0.15, -0.1) is 0 Å². The molecule has 0 saturated heterocycles. The minimum atomic E-state index is 0.463. The summed E-state index contributed by atoms with van der Waals surface area (Å²) in [6.45, 7) is 0. The summed E-state index contributed by atoms with van der Waals surface area (Å²) in [6.07, 6.45) is 0. The quantitative estimate of drug-likeness (QED) is 0.181. The molecule has 0 aliphatic rings. The molecule has 10 aromatic rings. The van der Waals surface area contributed by atoms with Crippen LogP contribution >= 0.6 is 0 Å². The van der Waals surface area contributed by atoms with Crippen molar-refractivity contribution in [2.75, 3.05) is 0 Å². The van der Waals surface area contributed by atoms with E-state index in [0.717, 1.165) is 66.6 Å². The van der Waals surface area contributed by atoms with Gasteiger partial charge < -0.3 is 9.13 Å². The SMILES string of the molecule is N#Cc1cccc(C#N)c1-c1cc(-c2ccccc2)c(-n2c3ccccc3c3ccc4c(c5ccccc5n4-c4ccccc4)c32)cc1-c1ccccc1. The molecule has 2 heterocycles. The third-order valence-corrected chi connectivity index (χ3v) is 10.6. The number of fused-ring (bicyclic) bond motifs is 7. The molecule has 10 rings (SSSR count). The van der Waals surface area contributed by atoms with Gasteiger partial charge in [0.05, 0.1) is 51.0 Å². The fourth-order valence-electron chi connectivity index (χ4n) is 8.33. The van der Waals surface area contributed by atoms with Crippen LogP contribution < -0.4 is 0 Å². The molecule has 4 nitrogen and oxygen atoms in total. The van der Waals surface area contributed by atoms with E-state index in [-0.39, 0.29) is 0 Å². The summed E-state index contributed by atoms with van der Waals surface area (Å²) in [4.78, 5) is 0. The Kier molecular flexibility index (Phi) is 7.22. The van der Waals surface area contributed by atoms with Crippen molar-refractivity contribution in [2.45, 2.75) is 0 Å². The molecule has 54 heavy (non-hydrogen) atoms. The normalized spacial score (nSPS) is 11.3.